The Hall–Kier alpha value is -2.05. The molecular formula is C13H8ClNO4S. The third-order valence-corrected chi connectivity index (χ3v) is 3.78. The highest BCUT2D eigenvalue weighted by Gasteiger charge is 2.24. The van der Waals surface area contributed by atoms with E-state index in [0.717, 1.165) is 17.8 Å². The molecule has 5 nitrogen and oxygen atoms in total. The van der Waals surface area contributed by atoms with Crippen LogP contribution in [0.2, 0.25) is 5.02 Å². The van der Waals surface area contributed by atoms with Gasteiger partial charge in [-0.25, -0.2) is 4.79 Å². The van der Waals surface area contributed by atoms with Crippen LogP contribution in [0.1, 0.15) is 10.4 Å². The molecule has 0 heterocycles. The first-order valence-corrected chi connectivity index (χ1v) is 6.62. The summed E-state index contributed by atoms with van der Waals surface area (Å²) < 4.78 is 0. The van der Waals surface area contributed by atoms with Gasteiger partial charge in [-0.3, -0.25) is 10.1 Å². The van der Waals surface area contributed by atoms with Crippen LogP contribution in [-0.2, 0) is 0 Å². The number of nitrogens with zero attached hydrogens (tertiary/aromatic N) is 1. The highest BCUT2D eigenvalue weighted by atomic mass is 35.5. The molecule has 0 saturated heterocycles. The minimum atomic E-state index is -1.26. The molecule has 0 atom stereocenters. The van der Waals surface area contributed by atoms with Crippen molar-refractivity contribution < 1.29 is 14.8 Å². The summed E-state index contributed by atoms with van der Waals surface area (Å²) in [5.74, 6) is -1.26. The Bertz CT molecular complexity index is 640. The maximum absolute atomic E-state index is 11.2. The molecule has 2 aromatic rings. The average molecular weight is 310 g/mol. The van der Waals surface area contributed by atoms with Crippen molar-refractivity contribution in [1.82, 2.24) is 0 Å². The lowest BCUT2D eigenvalue weighted by atomic mass is 10.2. The summed E-state index contributed by atoms with van der Waals surface area (Å²) in [6, 6.07) is 11.2. The summed E-state index contributed by atoms with van der Waals surface area (Å²) in [5, 5.41) is 20.3. The predicted molar refractivity (Wildman–Crippen MR) is 75.6 cm³/mol. The first-order valence-electron chi connectivity index (χ1n) is 5.43. The number of hydrogen-bond acceptors (Lipinski definition) is 4. The maximum Gasteiger partial charge on any atom is 0.337 e. The summed E-state index contributed by atoms with van der Waals surface area (Å²) in [7, 11) is 0. The molecule has 0 aliphatic rings. The van der Waals surface area contributed by atoms with E-state index in [1.165, 1.54) is 6.07 Å². The number of benzene rings is 2. The molecule has 0 aliphatic heterocycles. The SMILES string of the molecule is O=C(O)c1cc(Cl)cc([N+](=O)[O-])c1Sc1ccccc1. The minimum Gasteiger partial charge on any atom is -0.478 e. The van der Waals surface area contributed by atoms with Crippen LogP contribution in [0.25, 0.3) is 0 Å². The highest BCUT2D eigenvalue weighted by molar-refractivity contribution is 7.99. The predicted octanol–water partition coefficient (Wildman–Crippen LogP) is 4.10. The highest BCUT2D eigenvalue weighted by Crippen LogP contribution is 2.39. The fourth-order valence-corrected chi connectivity index (χ4v) is 2.82. The molecule has 0 unspecified atom stereocenters. The molecule has 0 bridgehead atoms. The second kappa shape index (κ2) is 5.94. The van der Waals surface area contributed by atoms with Crippen molar-refractivity contribution in [3.63, 3.8) is 0 Å². The maximum atomic E-state index is 11.2. The first-order chi connectivity index (χ1) is 9.49. The van der Waals surface area contributed by atoms with Crippen LogP contribution in [0.15, 0.2) is 52.3 Å². The van der Waals surface area contributed by atoms with E-state index in [4.69, 9.17) is 11.6 Å². The standard InChI is InChI=1S/C13H8ClNO4S/c14-8-6-10(13(16)17)12(11(7-8)15(18)19)20-9-4-2-1-3-5-9/h1-7H,(H,16,17). The lowest BCUT2D eigenvalue weighted by Gasteiger charge is -2.07. The zero-order chi connectivity index (χ0) is 14.7. The summed E-state index contributed by atoms with van der Waals surface area (Å²) in [6.07, 6.45) is 0. The van der Waals surface area contributed by atoms with E-state index in [1.807, 2.05) is 0 Å². The van der Waals surface area contributed by atoms with Gasteiger partial charge < -0.3 is 5.11 Å². The number of nitro groups is 1. The van der Waals surface area contributed by atoms with Gasteiger partial charge in [0.15, 0.2) is 0 Å². The number of rotatable bonds is 4. The van der Waals surface area contributed by atoms with Gasteiger partial charge in [-0.05, 0) is 18.2 Å². The number of carboxylic acid groups (broad SMARTS) is 1. The fourth-order valence-electron chi connectivity index (χ4n) is 1.59. The van der Waals surface area contributed by atoms with E-state index in [1.54, 1.807) is 30.3 Å². The van der Waals surface area contributed by atoms with Crippen LogP contribution in [-0.4, -0.2) is 16.0 Å². The molecule has 0 amide bonds. The normalized spacial score (nSPS) is 10.2. The van der Waals surface area contributed by atoms with Crippen LogP contribution in [0, 0.1) is 10.1 Å². The van der Waals surface area contributed by atoms with Gasteiger partial charge in [-0.1, -0.05) is 41.6 Å². The first kappa shape index (κ1) is 14.4. The second-order valence-electron chi connectivity index (χ2n) is 3.78. The Morgan fingerprint density at radius 1 is 1.25 bits per heavy atom. The zero-order valence-electron chi connectivity index (χ0n) is 9.95. The topological polar surface area (TPSA) is 80.4 Å². The molecule has 0 fully saturated rings. The molecule has 2 aromatic carbocycles. The number of carboxylic acids is 1. The molecule has 0 spiro atoms. The molecule has 20 heavy (non-hydrogen) atoms. The fraction of sp³-hybridized carbons (Fsp3) is 0. The molecule has 7 heteroatoms. The lowest BCUT2D eigenvalue weighted by molar-refractivity contribution is -0.387. The van der Waals surface area contributed by atoms with Crippen molar-refractivity contribution in [2.24, 2.45) is 0 Å². The molecule has 0 saturated carbocycles. The van der Waals surface area contributed by atoms with Gasteiger partial charge in [0.2, 0.25) is 0 Å². The Morgan fingerprint density at radius 2 is 1.90 bits per heavy atom. The summed E-state index contributed by atoms with van der Waals surface area (Å²) >= 11 is 6.76. The minimum absolute atomic E-state index is 0.0199. The molecule has 0 aromatic heterocycles. The quantitative estimate of drug-likeness (QED) is 0.679. The van der Waals surface area contributed by atoms with E-state index >= 15 is 0 Å². The van der Waals surface area contributed by atoms with Gasteiger partial charge in [0, 0.05) is 16.0 Å². The van der Waals surface area contributed by atoms with Gasteiger partial charge in [0.05, 0.1) is 10.5 Å². The third kappa shape index (κ3) is 3.09. The van der Waals surface area contributed by atoms with Crippen molar-refractivity contribution >= 4 is 35.0 Å². The molecule has 2 rings (SSSR count). The lowest BCUT2D eigenvalue weighted by Crippen LogP contribution is -2.02. The van der Waals surface area contributed by atoms with E-state index in [0.29, 0.717) is 4.90 Å². The molecule has 102 valence electrons. The van der Waals surface area contributed by atoms with Gasteiger partial charge in [0.25, 0.3) is 5.69 Å². The second-order valence-corrected chi connectivity index (χ2v) is 5.30. The zero-order valence-corrected chi connectivity index (χ0v) is 11.5. The van der Waals surface area contributed by atoms with Crippen LogP contribution in [0.3, 0.4) is 0 Å². The van der Waals surface area contributed by atoms with Gasteiger partial charge >= 0.3 is 5.97 Å². The van der Waals surface area contributed by atoms with Gasteiger partial charge in [-0.2, -0.15) is 0 Å². The van der Waals surface area contributed by atoms with Crippen molar-refractivity contribution in [2.75, 3.05) is 0 Å². The smallest absolute Gasteiger partial charge is 0.337 e. The summed E-state index contributed by atoms with van der Waals surface area (Å²) in [4.78, 5) is 22.5. The van der Waals surface area contributed by atoms with Crippen molar-refractivity contribution in [3.8, 4) is 0 Å². The number of halogens is 1. The Labute approximate surface area is 123 Å². The largest absolute Gasteiger partial charge is 0.478 e. The number of hydrogen-bond donors (Lipinski definition) is 1. The van der Waals surface area contributed by atoms with Gasteiger partial charge in [0.1, 0.15) is 4.90 Å². The van der Waals surface area contributed by atoms with E-state index in [2.05, 4.69) is 0 Å². The summed E-state index contributed by atoms with van der Waals surface area (Å²) in [5.41, 5.74) is -0.498. The van der Waals surface area contributed by atoms with Crippen molar-refractivity contribution in [2.45, 2.75) is 9.79 Å². The Morgan fingerprint density at radius 3 is 2.45 bits per heavy atom. The summed E-state index contributed by atoms with van der Waals surface area (Å²) in [6.45, 7) is 0. The molecule has 1 N–H and O–H groups in total. The van der Waals surface area contributed by atoms with Crippen molar-refractivity contribution in [3.05, 3.63) is 63.2 Å². The molecule has 0 radical (unpaired) electrons. The van der Waals surface area contributed by atoms with Gasteiger partial charge in [-0.15, -0.1) is 0 Å². The van der Waals surface area contributed by atoms with E-state index in [9.17, 15) is 20.0 Å². The van der Waals surface area contributed by atoms with Crippen LogP contribution in [0.4, 0.5) is 5.69 Å². The molecular weight excluding hydrogens is 302 g/mol. The Balaban J connectivity index is 2.59. The molecule has 0 aliphatic carbocycles. The monoisotopic (exact) mass is 309 g/mol. The van der Waals surface area contributed by atoms with Crippen LogP contribution in [0.5, 0.6) is 0 Å². The van der Waals surface area contributed by atoms with E-state index in [-0.39, 0.29) is 21.2 Å². The number of aromatic carboxylic acids is 1. The van der Waals surface area contributed by atoms with E-state index < -0.39 is 10.9 Å². The third-order valence-electron chi connectivity index (χ3n) is 2.42. The van der Waals surface area contributed by atoms with Crippen molar-refractivity contribution in [1.29, 1.82) is 0 Å². The van der Waals surface area contributed by atoms with Crippen LogP contribution < -0.4 is 0 Å². The Kier molecular flexibility index (Phi) is 4.26. The van der Waals surface area contributed by atoms with Crippen LogP contribution >= 0.6 is 23.4 Å². The number of nitro benzene ring substituents is 1. The number of carbonyl (C=O) groups is 1. The average Bonchev–Trinajstić information content (AvgIpc) is 2.41.